The standard InChI is InChI=1S/C18H13BrClNOS/c19-18-15-4-2-1-3-12(15)5-10-16(18)23-11-17(22)21-14-8-6-13(20)7-9-14/h1-10H,11H2,(H,21,22). The van der Waals surface area contributed by atoms with E-state index in [0.717, 1.165) is 20.4 Å². The minimum atomic E-state index is -0.0441. The van der Waals surface area contributed by atoms with Crippen molar-refractivity contribution < 1.29 is 4.79 Å². The Hall–Kier alpha value is -1.49. The molecular formula is C18H13BrClNOS. The highest BCUT2D eigenvalue weighted by molar-refractivity contribution is 9.10. The van der Waals surface area contributed by atoms with Gasteiger partial charge in [-0.15, -0.1) is 11.8 Å². The topological polar surface area (TPSA) is 29.1 Å². The van der Waals surface area contributed by atoms with Gasteiger partial charge in [0.2, 0.25) is 5.91 Å². The van der Waals surface area contributed by atoms with E-state index >= 15 is 0 Å². The number of fused-ring (bicyclic) bond motifs is 1. The van der Waals surface area contributed by atoms with E-state index in [0.29, 0.717) is 10.8 Å². The first-order chi connectivity index (χ1) is 11.1. The first-order valence-corrected chi connectivity index (χ1v) is 9.14. The average molecular weight is 407 g/mol. The van der Waals surface area contributed by atoms with Crippen LogP contribution in [0.2, 0.25) is 5.02 Å². The summed E-state index contributed by atoms with van der Waals surface area (Å²) in [5, 5.41) is 5.84. The highest BCUT2D eigenvalue weighted by atomic mass is 79.9. The summed E-state index contributed by atoms with van der Waals surface area (Å²) in [6.07, 6.45) is 0. The lowest BCUT2D eigenvalue weighted by Crippen LogP contribution is -2.13. The zero-order valence-corrected chi connectivity index (χ0v) is 15.2. The Labute approximate surface area is 152 Å². The van der Waals surface area contributed by atoms with Crippen LogP contribution in [0.5, 0.6) is 0 Å². The van der Waals surface area contributed by atoms with E-state index < -0.39 is 0 Å². The maximum Gasteiger partial charge on any atom is 0.234 e. The molecule has 0 bridgehead atoms. The summed E-state index contributed by atoms with van der Waals surface area (Å²) in [6, 6.07) is 19.4. The number of halogens is 2. The van der Waals surface area contributed by atoms with Gasteiger partial charge in [0, 0.05) is 20.1 Å². The van der Waals surface area contributed by atoms with Crippen molar-refractivity contribution in [2.24, 2.45) is 0 Å². The molecule has 2 nitrogen and oxygen atoms in total. The number of carbonyl (C=O) groups is 1. The van der Waals surface area contributed by atoms with Gasteiger partial charge in [0.25, 0.3) is 0 Å². The summed E-state index contributed by atoms with van der Waals surface area (Å²) >= 11 is 11.0. The first kappa shape index (κ1) is 16.4. The predicted octanol–water partition coefficient (Wildman–Crippen LogP) is 5.99. The number of nitrogens with one attached hydrogen (secondary N) is 1. The molecule has 0 saturated heterocycles. The van der Waals surface area contributed by atoms with Gasteiger partial charge in [-0.1, -0.05) is 41.9 Å². The molecule has 0 saturated carbocycles. The van der Waals surface area contributed by atoms with E-state index in [4.69, 9.17) is 11.6 Å². The molecule has 0 fully saturated rings. The molecule has 0 heterocycles. The molecule has 0 aliphatic rings. The van der Waals surface area contributed by atoms with E-state index in [9.17, 15) is 4.79 Å². The summed E-state index contributed by atoms with van der Waals surface area (Å²) < 4.78 is 1.03. The third kappa shape index (κ3) is 4.08. The fourth-order valence-corrected chi connectivity index (χ4v) is 3.92. The fourth-order valence-electron chi connectivity index (χ4n) is 2.20. The quantitative estimate of drug-likeness (QED) is 0.539. The van der Waals surface area contributed by atoms with Crippen LogP contribution in [0, 0.1) is 0 Å². The van der Waals surface area contributed by atoms with Gasteiger partial charge in [-0.3, -0.25) is 4.79 Å². The van der Waals surface area contributed by atoms with Crippen molar-refractivity contribution in [3.8, 4) is 0 Å². The van der Waals surface area contributed by atoms with Gasteiger partial charge in [-0.25, -0.2) is 0 Å². The van der Waals surface area contributed by atoms with Gasteiger partial charge in [-0.2, -0.15) is 0 Å². The summed E-state index contributed by atoms with van der Waals surface area (Å²) in [7, 11) is 0. The van der Waals surface area contributed by atoms with Crippen molar-refractivity contribution in [3.05, 3.63) is 70.2 Å². The Kier molecular flexibility index (Phi) is 5.26. The van der Waals surface area contributed by atoms with Crippen molar-refractivity contribution in [1.29, 1.82) is 0 Å². The predicted molar refractivity (Wildman–Crippen MR) is 102 cm³/mol. The second-order valence-corrected chi connectivity index (χ2v) is 7.19. The largest absolute Gasteiger partial charge is 0.325 e. The van der Waals surface area contributed by atoms with Gasteiger partial charge in [0.1, 0.15) is 0 Å². The van der Waals surface area contributed by atoms with E-state index in [1.807, 2.05) is 18.2 Å². The Morgan fingerprint density at radius 2 is 1.78 bits per heavy atom. The van der Waals surface area contributed by atoms with Gasteiger partial charge in [0.05, 0.1) is 5.75 Å². The highest BCUT2D eigenvalue weighted by Gasteiger charge is 2.08. The monoisotopic (exact) mass is 405 g/mol. The lowest BCUT2D eigenvalue weighted by atomic mass is 10.1. The van der Waals surface area contributed by atoms with Gasteiger partial charge in [0.15, 0.2) is 0 Å². The van der Waals surface area contributed by atoms with Crippen LogP contribution in [-0.4, -0.2) is 11.7 Å². The van der Waals surface area contributed by atoms with Gasteiger partial charge in [-0.05, 0) is 57.0 Å². The molecule has 1 amide bonds. The molecule has 3 aromatic rings. The van der Waals surface area contributed by atoms with Crippen molar-refractivity contribution in [3.63, 3.8) is 0 Å². The van der Waals surface area contributed by atoms with E-state index in [2.05, 4.69) is 39.4 Å². The molecule has 0 radical (unpaired) electrons. The second kappa shape index (κ2) is 7.39. The van der Waals surface area contributed by atoms with Crippen molar-refractivity contribution in [2.75, 3.05) is 11.1 Å². The molecule has 0 atom stereocenters. The van der Waals surface area contributed by atoms with Crippen LogP contribution >= 0.6 is 39.3 Å². The van der Waals surface area contributed by atoms with Gasteiger partial charge < -0.3 is 5.32 Å². The maximum absolute atomic E-state index is 12.1. The van der Waals surface area contributed by atoms with Crippen molar-refractivity contribution in [1.82, 2.24) is 0 Å². The van der Waals surface area contributed by atoms with E-state index in [-0.39, 0.29) is 5.91 Å². The molecule has 3 aromatic carbocycles. The van der Waals surface area contributed by atoms with Crippen LogP contribution < -0.4 is 5.32 Å². The number of rotatable bonds is 4. The lowest BCUT2D eigenvalue weighted by molar-refractivity contribution is -0.113. The summed E-state index contributed by atoms with van der Waals surface area (Å²) in [6.45, 7) is 0. The zero-order valence-electron chi connectivity index (χ0n) is 12.1. The number of hydrogen-bond acceptors (Lipinski definition) is 2. The minimum absolute atomic E-state index is 0.0441. The normalized spacial score (nSPS) is 10.7. The lowest BCUT2D eigenvalue weighted by Gasteiger charge is -2.08. The number of hydrogen-bond donors (Lipinski definition) is 1. The molecule has 0 unspecified atom stereocenters. The van der Waals surface area contributed by atoms with Crippen LogP contribution in [0.4, 0.5) is 5.69 Å². The molecule has 5 heteroatoms. The molecule has 23 heavy (non-hydrogen) atoms. The van der Waals surface area contributed by atoms with E-state index in [1.165, 1.54) is 17.1 Å². The minimum Gasteiger partial charge on any atom is -0.325 e. The smallest absolute Gasteiger partial charge is 0.234 e. The van der Waals surface area contributed by atoms with Crippen LogP contribution in [0.3, 0.4) is 0 Å². The summed E-state index contributed by atoms with van der Waals surface area (Å²) in [4.78, 5) is 13.1. The molecule has 3 rings (SSSR count). The Morgan fingerprint density at radius 1 is 1.04 bits per heavy atom. The molecule has 116 valence electrons. The van der Waals surface area contributed by atoms with Crippen molar-refractivity contribution in [2.45, 2.75) is 4.90 Å². The van der Waals surface area contributed by atoms with Crippen LogP contribution in [0.1, 0.15) is 0 Å². The third-order valence-corrected chi connectivity index (χ3v) is 5.74. The SMILES string of the molecule is O=C(CSc1ccc2ccccc2c1Br)Nc1ccc(Cl)cc1. The summed E-state index contributed by atoms with van der Waals surface area (Å²) in [5.41, 5.74) is 0.748. The van der Waals surface area contributed by atoms with Crippen LogP contribution in [0.25, 0.3) is 10.8 Å². The summed E-state index contributed by atoms with van der Waals surface area (Å²) in [5.74, 6) is 0.303. The molecular weight excluding hydrogens is 394 g/mol. The molecule has 0 aliphatic heterocycles. The Balaban J connectivity index is 1.67. The van der Waals surface area contributed by atoms with Crippen LogP contribution in [-0.2, 0) is 4.79 Å². The average Bonchev–Trinajstić information content (AvgIpc) is 2.57. The maximum atomic E-state index is 12.1. The number of anilines is 1. The first-order valence-electron chi connectivity index (χ1n) is 6.99. The number of benzene rings is 3. The molecule has 0 spiro atoms. The second-order valence-electron chi connectivity index (χ2n) is 4.94. The van der Waals surface area contributed by atoms with E-state index in [1.54, 1.807) is 24.3 Å². The number of amides is 1. The Bertz CT molecular complexity index is 851. The molecule has 0 aliphatic carbocycles. The number of carbonyl (C=O) groups excluding carboxylic acids is 1. The highest BCUT2D eigenvalue weighted by Crippen LogP contribution is 2.34. The van der Waals surface area contributed by atoms with Crippen LogP contribution in [0.15, 0.2) is 70.0 Å². The fraction of sp³-hybridized carbons (Fsp3) is 0.0556. The molecule has 1 N–H and O–H groups in total. The molecule has 0 aromatic heterocycles. The zero-order chi connectivity index (χ0) is 16.2. The third-order valence-electron chi connectivity index (χ3n) is 3.31. The Morgan fingerprint density at radius 3 is 2.57 bits per heavy atom. The van der Waals surface area contributed by atoms with Crippen molar-refractivity contribution >= 4 is 61.7 Å². The number of thioether (sulfide) groups is 1. The van der Waals surface area contributed by atoms with Gasteiger partial charge >= 0.3 is 0 Å².